The van der Waals surface area contributed by atoms with Crippen molar-refractivity contribution in [1.29, 1.82) is 0 Å². The van der Waals surface area contributed by atoms with E-state index in [1.165, 1.54) is 19.3 Å². The van der Waals surface area contributed by atoms with Crippen LogP contribution in [-0.2, 0) is 4.74 Å². The number of hydrogen-bond acceptors (Lipinski definition) is 3. The molecule has 2 unspecified atom stereocenters. The summed E-state index contributed by atoms with van der Waals surface area (Å²) >= 11 is 0. The van der Waals surface area contributed by atoms with Crippen LogP contribution in [0.5, 0.6) is 0 Å². The van der Waals surface area contributed by atoms with Crippen LogP contribution in [0.1, 0.15) is 26.2 Å². The van der Waals surface area contributed by atoms with Crippen molar-refractivity contribution in [3.05, 3.63) is 0 Å². The summed E-state index contributed by atoms with van der Waals surface area (Å²) in [6.45, 7) is 5.33. The molecule has 2 rings (SSSR count). The van der Waals surface area contributed by atoms with Crippen molar-refractivity contribution < 1.29 is 4.74 Å². The van der Waals surface area contributed by atoms with Crippen molar-refractivity contribution in [3.63, 3.8) is 0 Å². The highest BCUT2D eigenvalue weighted by atomic mass is 16.5. The van der Waals surface area contributed by atoms with E-state index in [1.54, 1.807) is 0 Å². The Morgan fingerprint density at radius 1 is 1.43 bits per heavy atom. The van der Waals surface area contributed by atoms with E-state index in [2.05, 4.69) is 11.8 Å². The van der Waals surface area contributed by atoms with Gasteiger partial charge in [0.15, 0.2) is 0 Å². The molecular formula is C11H22N2O. The number of nitrogens with two attached hydrogens (primary N) is 1. The Labute approximate surface area is 86.6 Å². The summed E-state index contributed by atoms with van der Waals surface area (Å²) < 4.78 is 5.40. The zero-order chi connectivity index (χ0) is 10.2. The highest BCUT2D eigenvalue weighted by molar-refractivity contribution is 5.02. The average Bonchev–Trinajstić information content (AvgIpc) is 2.95. The predicted molar refractivity (Wildman–Crippen MR) is 57.2 cm³/mol. The van der Waals surface area contributed by atoms with Crippen LogP contribution in [0.25, 0.3) is 0 Å². The molecule has 0 bridgehead atoms. The largest absolute Gasteiger partial charge is 0.380 e. The van der Waals surface area contributed by atoms with Crippen molar-refractivity contribution in [2.45, 2.75) is 37.8 Å². The lowest BCUT2D eigenvalue weighted by molar-refractivity contribution is 0.0709. The first-order chi connectivity index (χ1) is 6.70. The Morgan fingerprint density at radius 3 is 2.57 bits per heavy atom. The van der Waals surface area contributed by atoms with E-state index in [4.69, 9.17) is 10.5 Å². The summed E-state index contributed by atoms with van der Waals surface area (Å²) in [5.74, 6) is 0.836. The SMILES string of the molecule is COC1CCN(C(C)(CN)C2CC2)C1. The number of nitrogens with zero attached hydrogens (tertiary/aromatic N) is 1. The van der Waals surface area contributed by atoms with Gasteiger partial charge in [-0.2, -0.15) is 0 Å². The summed E-state index contributed by atoms with van der Waals surface area (Å²) in [7, 11) is 1.81. The molecule has 0 aromatic heterocycles. The van der Waals surface area contributed by atoms with Gasteiger partial charge in [-0.05, 0) is 32.1 Å². The predicted octanol–water partition coefficient (Wildman–Crippen LogP) is 0.834. The first-order valence-electron chi connectivity index (χ1n) is 5.68. The highest BCUT2D eigenvalue weighted by Crippen LogP contribution is 2.43. The van der Waals surface area contributed by atoms with Crippen molar-refractivity contribution in [1.82, 2.24) is 4.90 Å². The number of ether oxygens (including phenoxy) is 1. The summed E-state index contributed by atoms with van der Waals surface area (Å²) in [6, 6.07) is 0. The molecule has 82 valence electrons. The molecule has 0 aromatic carbocycles. The van der Waals surface area contributed by atoms with Crippen LogP contribution in [0, 0.1) is 5.92 Å². The molecule has 3 heteroatoms. The summed E-state index contributed by atoms with van der Waals surface area (Å²) in [6.07, 6.45) is 4.32. The van der Waals surface area contributed by atoms with E-state index < -0.39 is 0 Å². The first kappa shape index (κ1) is 10.4. The van der Waals surface area contributed by atoms with Gasteiger partial charge >= 0.3 is 0 Å². The van der Waals surface area contributed by atoms with Crippen LogP contribution in [0.4, 0.5) is 0 Å². The third-order valence-corrected chi connectivity index (χ3v) is 4.07. The lowest BCUT2D eigenvalue weighted by Gasteiger charge is -2.38. The molecule has 1 saturated carbocycles. The molecule has 1 heterocycles. The fourth-order valence-electron chi connectivity index (χ4n) is 2.64. The van der Waals surface area contributed by atoms with Crippen LogP contribution < -0.4 is 5.73 Å². The van der Waals surface area contributed by atoms with Gasteiger partial charge in [-0.1, -0.05) is 0 Å². The maximum Gasteiger partial charge on any atom is 0.0710 e. The second-order valence-electron chi connectivity index (χ2n) is 4.93. The Hall–Kier alpha value is -0.120. The molecule has 2 N–H and O–H groups in total. The number of hydrogen-bond donors (Lipinski definition) is 1. The number of likely N-dealkylation sites (tertiary alicyclic amines) is 1. The molecule has 2 atom stereocenters. The lowest BCUT2D eigenvalue weighted by atomic mass is 9.94. The second kappa shape index (κ2) is 3.80. The maximum atomic E-state index is 5.93. The van der Waals surface area contributed by atoms with E-state index in [-0.39, 0.29) is 5.54 Å². The van der Waals surface area contributed by atoms with Gasteiger partial charge < -0.3 is 10.5 Å². The molecule has 2 aliphatic rings. The Balaban J connectivity index is 1.98. The molecule has 2 fully saturated rings. The van der Waals surface area contributed by atoms with Crippen LogP contribution in [0.2, 0.25) is 0 Å². The fraction of sp³-hybridized carbons (Fsp3) is 1.00. The zero-order valence-corrected chi connectivity index (χ0v) is 9.33. The normalized spacial score (nSPS) is 33.2. The molecule has 14 heavy (non-hydrogen) atoms. The summed E-state index contributed by atoms with van der Waals surface area (Å²) in [5, 5.41) is 0. The van der Waals surface area contributed by atoms with E-state index in [0.717, 1.165) is 25.6 Å². The van der Waals surface area contributed by atoms with Crippen molar-refractivity contribution in [2.24, 2.45) is 11.7 Å². The minimum Gasteiger partial charge on any atom is -0.380 e. The topological polar surface area (TPSA) is 38.5 Å². The third-order valence-electron chi connectivity index (χ3n) is 4.07. The average molecular weight is 198 g/mol. The molecule has 1 aliphatic heterocycles. The van der Waals surface area contributed by atoms with Gasteiger partial charge in [0.1, 0.15) is 0 Å². The van der Waals surface area contributed by atoms with Gasteiger partial charge in [-0.15, -0.1) is 0 Å². The highest BCUT2D eigenvalue weighted by Gasteiger charge is 2.46. The zero-order valence-electron chi connectivity index (χ0n) is 9.33. The Morgan fingerprint density at radius 2 is 2.14 bits per heavy atom. The van der Waals surface area contributed by atoms with Gasteiger partial charge in [0.2, 0.25) is 0 Å². The standard InChI is InChI=1S/C11H22N2O/c1-11(8-12,9-3-4-9)13-6-5-10(7-13)14-2/h9-10H,3-8,12H2,1-2H3. The second-order valence-corrected chi connectivity index (χ2v) is 4.93. The Kier molecular flexibility index (Phi) is 2.82. The van der Waals surface area contributed by atoms with E-state index >= 15 is 0 Å². The summed E-state index contributed by atoms with van der Waals surface area (Å²) in [5.41, 5.74) is 6.18. The van der Waals surface area contributed by atoms with E-state index in [9.17, 15) is 0 Å². The quantitative estimate of drug-likeness (QED) is 0.727. The summed E-state index contributed by atoms with van der Waals surface area (Å²) in [4.78, 5) is 2.54. The van der Waals surface area contributed by atoms with Gasteiger partial charge in [-0.25, -0.2) is 0 Å². The minimum absolute atomic E-state index is 0.243. The lowest BCUT2D eigenvalue weighted by Crippen LogP contribution is -2.52. The van der Waals surface area contributed by atoms with Crippen molar-refractivity contribution in [2.75, 3.05) is 26.7 Å². The molecule has 0 aromatic rings. The Bertz CT molecular complexity index is 205. The van der Waals surface area contributed by atoms with Gasteiger partial charge in [-0.3, -0.25) is 4.90 Å². The van der Waals surface area contributed by atoms with Gasteiger partial charge in [0, 0.05) is 32.3 Å². The van der Waals surface area contributed by atoms with E-state index in [0.29, 0.717) is 6.10 Å². The van der Waals surface area contributed by atoms with Crippen LogP contribution in [0.15, 0.2) is 0 Å². The monoisotopic (exact) mass is 198 g/mol. The van der Waals surface area contributed by atoms with Gasteiger partial charge in [0.05, 0.1) is 6.10 Å². The molecular weight excluding hydrogens is 176 g/mol. The van der Waals surface area contributed by atoms with Crippen LogP contribution >= 0.6 is 0 Å². The van der Waals surface area contributed by atoms with Gasteiger partial charge in [0.25, 0.3) is 0 Å². The number of methoxy groups -OCH3 is 1. The maximum absolute atomic E-state index is 5.93. The van der Waals surface area contributed by atoms with Crippen molar-refractivity contribution >= 4 is 0 Å². The van der Waals surface area contributed by atoms with Crippen LogP contribution in [0.3, 0.4) is 0 Å². The third kappa shape index (κ3) is 1.69. The van der Waals surface area contributed by atoms with E-state index in [1.807, 2.05) is 7.11 Å². The fourth-order valence-corrected chi connectivity index (χ4v) is 2.64. The molecule has 1 aliphatic carbocycles. The molecule has 0 radical (unpaired) electrons. The smallest absolute Gasteiger partial charge is 0.0710 e. The number of rotatable bonds is 4. The van der Waals surface area contributed by atoms with Crippen molar-refractivity contribution in [3.8, 4) is 0 Å². The molecule has 1 saturated heterocycles. The van der Waals surface area contributed by atoms with Crippen LogP contribution in [-0.4, -0.2) is 43.3 Å². The molecule has 3 nitrogen and oxygen atoms in total. The molecule has 0 spiro atoms. The first-order valence-corrected chi connectivity index (χ1v) is 5.68. The molecule has 0 amide bonds. The minimum atomic E-state index is 0.243.